The first-order valence-electron chi connectivity index (χ1n) is 8.33. The van der Waals surface area contributed by atoms with Crippen LogP contribution < -0.4 is 14.8 Å². The first-order valence-corrected chi connectivity index (χ1v) is 9.11. The number of nitrogens with one attached hydrogen (secondary N) is 1. The van der Waals surface area contributed by atoms with Gasteiger partial charge in [-0.3, -0.25) is 9.69 Å². The number of carbonyl (C=O) groups is 1. The summed E-state index contributed by atoms with van der Waals surface area (Å²) in [6, 6.07) is 3.60. The molecule has 0 atom stereocenters. The van der Waals surface area contributed by atoms with E-state index in [1.807, 2.05) is 0 Å². The van der Waals surface area contributed by atoms with E-state index in [1.54, 1.807) is 37.3 Å². The number of nitrogens with zero attached hydrogens (tertiary/aromatic N) is 1. The lowest BCUT2D eigenvalue weighted by Crippen LogP contribution is -2.41. The van der Waals surface area contributed by atoms with Crippen LogP contribution in [0, 0.1) is 0 Å². The Morgan fingerprint density at radius 3 is 2.48 bits per heavy atom. The second-order valence-electron chi connectivity index (χ2n) is 6.18. The van der Waals surface area contributed by atoms with E-state index in [-0.39, 0.29) is 11.9 Å². The van der Waals surface area contributed by atoms with Gasteiger partial charge in [0.25, 0.3) is 5.91 Å². The Morgan fingerprint density at radius 1 is 1.20 bits per heavy atom. The highest BCUT2D eigenvalue weighted by molar-refractivity contribution is 7.80. The minimum absolute atomic E-state index is 0.0947. The fourth-order valence-corrected chi connectivity index (χ4v) is 3.91. The zero-order chi connectivity index (χ0) is 18.0. The van der Waals surface area contributed by atoms with E-state index in [9.17, 15) is 4.79 Å². The van der Waals surface area contributed by atoms with E-state index in [0.717, 1.165) is 25.7 Å². The van der Waals surface area contributed by atoms with Crippen molar-refractivity contribution >= 4 is 40.9 Å². The Morgan fingerprint density at radius 2 is 1.84 bits per heavy atom. The fraction of sp³-hybridized carbons (Fsp3) is 0.444. The molecule has 2 fully saturated rings. The minimum atomic E-state index is -0.0947. The van der Waals surface area contributed by atoms with Gasteiger partial charge in [-0.15, -0.1) is 0 Å². The van der Waals surface area contributed by atoms with Crippen LogP contribution in [0.25, 0.3) is 6.08 Å². The maximum absolute atomic E-state index is 12.8. The summed E-state index contributed by atoms with van der Waals surface area (Å²) >= 11 is 11.7. The molecule has 25 heavy (non-hydrogen) atoms. The molecule has 0 aromatic heterocycles. The number of ether oxygens (including phenoxy) is 2. The predicted octanol–water partition coefficient (Wildman–Crippen LogP) is 3.75. The molecule has 1 heterocycles. The van der Waals surface area contributed by atoms with Gasteiger partial charge in [-0.1, -0.05) is 30.9 Å². The molecule has 5 nitrogen and oxygen atoms in total. The normalized spacial score (nSPS) is 20.1. The standard InChI is InChI=1S/C18H21ClN2O3S/c1-23-15-9-11(13(19)10-16(15)24-2)8-14-17(22)21(18(25)20-14)12-6-4-3-5-7-12/h8-10,12H,3-7H2,1-2H3,(H,20,25). The summed E-state index contributed by atoms with van der Waals surface area (Å²) in [6.07, 6.45) is 7.20. The van der Waals surface area contributed by atoms with Gasteiger partial charge >= 0.3 is 0 Å². The van der Waals surface area contributed by atoms with Crippen LogP contribution in [0.5, 0.6) is 11.5 Å². The van der Waals surface area contributed by atoms with Crippen molar-refractivity contribution in [1.82, 2.24) is 10.2 Å². The fourth-order valence-electron chi connectivity index (χ4n) is 3.36. The number of hydrogen-bond acceptors (Lipinski definition) is 4. The van der Waals surface area contributed by atoms with Crippen molar-refractivity contribution in [1.29, 1.82) is 0 Å². The number of thiocarbonyl (C=S) groups is 1. The molecule has 1 aliphatic carbocycles. The molecular weight excluding hydrogens is 360 g/mol. The lowest BCUT2D eigenvalue weighted by atomic mass is 9.94. The second-order valence-corrected chi connectivity index (χ2v) is 6.98. The number of halogens is 1. The van der Waals surface area contributed by atoms with Crippen LogP contribution in [0.4, 0.5) is 0 Å². The van der Waals surface area contributed by atoms with Crippen molar-refractivity contribution in [3.8, 4) is 11.5 Å². The highest BCUT2D eigenvalue weighted by Gasteiger charge is 2.36. The average molecular weight is 381 g/mol. The van der Waals surface area contributed by atoms with Gasteiger partial charge in [0.1, 0.15) is 5.70 Å². The first kappa shape index (κ1) is 18.0. The molecule has 1 saturated heterocycles. The van der Waals surface area contributed by atoms with E-state index in [4.69, 9.17) is 33.3 Å². The lowest BCUT2D eigenvalue weighted by Gasteiger charge is -2.29. The Kier molecular flexibility index (Phi) is 5.49. The molecule has 1 aromatic rings. The summed E-state index contributed by atoms with van der Waals surface area (Å²) in [7, 11) is 3.11. The third kappa shape index (κ3) is 3.60. The molecule has 2 aliphatic rings. The van der Waals surface area contributed by atoms with E-state index < -0.39 is 0 Å². The summed E-state index contributed by atoms with van der Waals surface area (Å²) in [5, 5.41) is 3.98. The molecule has 0 unspecified atom stereocenters. The Hall–Kier alpha value is -1.79. The number of rotatable bonds is 4. The minimum Gasteiger partial charge on any atom is -0.493 e. The first-order chi connectivity index (χ1) is 12.0. The van der Waals surface area contributed by atoms with Crippen LogP contribution in [0.3, 0.4) is 0 Å². The SMILES string of the molecule is COc1cc(Cl)c(C=C2NC(=S)N(C3CCCCC3)C2=O)cc1OC. The zero-order valence-corrected chi connectivity index (χ0v) is 15.9. The average Bonchev–Trinajstić information content (AvgIpc) is 2.90. The molecule has 134 valence electrons. The summed E-state index contributed by atoms with van der Waals surface area (Å²) in [5.74, 6) is 0.998. The molecule has 7 heteroatoms. The Bertz CT molecular complexity index is 729. The van der Waals surface area contributed by atoms with Crippen LogP contribution in [0.1, 0.15) is 37.7 Å². The number of amides is 1. The largest absolute Gasteiger partial charge is 0.493 e. The Balaban J connectivity index is 1.89. The molecule has 1 aliphatic heterocycles. The van der Waals surface area contributed by atoms with E-state index in [1.165, 1.54) is 6.42 Å². The van der Waals surface area contributed by atoms with Gasteiger partial charge in [0.15, 0.2) is 16.6 Å². The second kappa shape index (κ2) is 7.62. The van der Waals surface area contributed by atoms with Gasteiger partial charge in [0.2, 0.25) is 0 Å². The van der Waals surface area contributed by atoms with Crippen LogP contribution in [0.2, 0.25) is 5.02 Å². The van der Waals surface area contributed by atoms with Gasteiger partial charge in [-0.2, -0.15) is 0 Å². The van der Waals surface area contributed by atoms with E-state index >= 15 is 0 Å². The van der Waals surface area contributed by atoms with Crippen molar-refractivity contribution in [3.05, 3.63) is 28.4 Å². The molecular formula is C18H21ClN2O3S. The van der Waals surface area contributed by atoms with Crippen LogP contribution in [-0.2, 0) is 4.79 Å². The van der Waals surface area contributed by atoms with Gasteiger partial charge in [0.05, 0.1) is 19.2 Å². The van der Waals surface area contributed by atoms with Crippen molar-refractivity contribution in [2.45, 2.75) is 38.1 Å². The van der Waals surface area contributed by atoms with Gasteiger partial charge in [-0.25, -0.2) is 0 Å². The number of hydrogen-bond donors (Lipinski definition) is 1. The predicted molar refractivity (Wildman–Crippen MR) is 102 cm³/mol. The molecule has 0 radical (unpaired) electrons. The quantitative estimate of drug-likeness (QED) is 0.636. The topological polar surface area (TPSA) is 50.8 Å². The maximum atomic E-state index is 12.8. The van der Waals surface area contributed by atoms with Crippen molar-refractivity contribution < 1.29 is 14.3 Å². The van der Waals surface area contributed by atoms with Crippen LogP contribution >= 0.6 is 23.8 Å². The highest BCUT2D eigenvalue weighted by Crippen LogP contribution is 2.35. The third-order valence-electron chi connectivity index (χ3n) is 4.65. The van der Waals surface area contributed by atoms with Gasteiger partial charge in [0, 0.05) is 12.1 Å². The maximum Gasteiger partial charge on any atom is 0.276 e. The molecule has 1 aromatic carbocycles. The number of carbonyl (C=O) groups excluding carboxylic acids is 1. The summed E-state index contributed by atoms with van der Waals surface area (Å²) in [4.78, 5) is 14.5. The summed E-state index contributed by atoms with van der Waals surface area (Å²) < 4.78 is 10.5. The van der Waals surface area contributed by atoms with Crippen LogP contribution in [-0.4, -0.2) is 36.2 Å². The lowest BCUT2D eigenvalue weighted by molar-refractivity contribution is -0.124. The van der Waals surface area contributed by atoms with Crippen molar-refractivity contribution in [2.24, 2.45) is 0 Å². The van der Waals surface area contributed by atoms with E-state index in [0.29, 0.717) is 32.9 Å². The molecule has 1 amide bonds. The molecule has 1 N–H and O–H groups in total. The smallest absolute Gasteiger partial charge is 0.276 e. The van der Waals surface area contributed by atoms with Crippen molar-refractivity contribution in [2.75, 3.05) is 14.2 Å². The van der Waals surface area contributed by atoms with Gasteiger partial charge < -0.3 is 14.8 Å². The number of methoxy groups -OCH3 is 2. The zero-order valence-electron chi connectivity index (χ0n) is 14.3. The molecule has 0 bridgehead atoms. The van der Waals surface area contributed by atoms with E-state index in [2.05, 4.69) is 5.32 Å². The molecule has 1 saturated carbocycles. The molecule has 0 spiro atoms. The Labute approximate surface area is 157 Å². The number of benzene rings is 1. The van der Waals surface area contributed by atoms with Crippen LogP contribution in [0.15, 0.2) is 17.8 Å². The monoisotopic (exact) mass is 380 g/mol. The van der Waals surface area contributed by atoms with Gasteiger partial charge in [-0.05, 0) is 42.8 Å². The highest BCUT2D eigenvalue weighted by atomic mass is 35.5. The summed E-state index contributed by atoms with van der Waals surface area (Å²) in [6.45, 7) is 0. The third-order valence-corrected chi connectivity index (χ3v) is 5.28. The van der Waals surface area contributed by atoms with Crippen molar-refractivity contribution in [3.63, 3.8) is 0 Å². The summed E-state index contributed by atoms with van der Waals surface area (Å²) in [5.41, 5.74) is 1.10. The molecule has 3 rings (SSSR count).